The molecule has 0 aliphatic heterocycles. The van der Waals surface area contributed by atoms with Crippen LogP contribution in [0.1, 0.15) is 22.4 Å². The average Bonchev–Trinajstić information content (AvgIpc) is 2.89. The lowest BCUT2D eigenvalue weighted by molar-refractivity contribution is 1.13. The molecule has 0 spiro atoms. The molecule has 0 N–H and O–H groups in total. The Morgan fingerprint density at radius 1 is 0.833 bits per heavy atom. The lowest BCUT2D eigenvalue weighted by atomic mass is 10.0. The van der Waals surface area contributed by atoms with Gasteiger partial charge >= 0.3 is 0 Å². The second-order valence-corrected chi connectivity index (χ2v) is 6.46. The van der Waals surface area contributed by atoms with Crippen LogP contribution in [0.5, 0.6) is 0 Å². The van der Waals surface area contributed by atoms with Gasteiger partial charge in [0.05, 0.1) is 0 Å². The summed E-state index contributed by atoms with van der Waals surface area (Å²) in [5, 5.41) is 0. The van der Waals surface area contributed by atoms with Crippen LogP contribution in [-0.4, -0.2) is 19.1 Å². The molecule has 2 nitrogen and oxygen atoms in total. The first-order chi connectivity index (χ1) is 11.6. The zero-order chi connectivity index (χ0) is 16.7. The highest BCUT2D eigenvalue weighted by Crippen LogP contribution is 2.44. The second kappa shape index (κ2) is 5.64. The Morgan fingerprint density at radius 3 is 2.25 bits per heavy atom. The SMILES string of the molecule is Cc1cc2c(cn1)C(=Cc1ccc(N(C)C)cc1)c1ccccc1-2. The number of hydrogen-bond donors (Lipinski definition) is 0. The minimum absolute atomic E-state index is 1.06. The number of fused-ring (bicyclic) bond motifs is 3. The first-order valence-electron chi connectivity index (χ1n) is 8.19. The van der Waals surface area contributed by atoms with Crippen LogP contribution in [0.2, 0.25) is 0 Å². The summed E-state index contributed by atoms with van der Waals surface area (Å²) in [5.41, 5.74) is 9.82. The Kier molecular flexibility index (Phi) is 3.46. The summed E-state index contributed by atoms with van der Waals surface area (Å²) in [6.07, 6.45) is 4.27. The van der Waals surface area contributed by atoms with Gasteiger partial charge in [0.2, 0.25) is 0 Å². The van der Waals surface area contributed by atoms with Gasteiger partial charge in [0, 0.05) is 37.2 Å². The number of pyridine rings is 1. The molecule has 3 aromatic rings. The first kappa shape index (κ1) is 14.7. The zero-order valence-corrected chi connectivity index (χ0v) is 14.2. The number of benzene rings is 2. The summed E-state index contributed by atoms with van der Waals surface area (Å²) >= 11 is 0. The van der Waals surface area contributed by atoms with Gasteiger partial charge in [0.15, 0.2) is 0 Å². The normalized spacial score (nSPS) is 13.7. The highest BCUT2D eigenvalue weighted by molar-refractivity contribution is 6.06. The molecule has 0 saturated heterocycles. The molecule has 0 atom stereocenters. The van der Waals surface area contributed by atoms with Crippen LogP contribution in [0.15, 0.2) is 60.8 Å². The summed E-state index contributed by atoms with van der Waals surface area (Å²) in [6.45, 7) is 2.05. The Morgan fingerprint density at radius 2 is 1.54 bits per heavy atom. The van der Waals surface area contributed by atoms with Crippen molar-refractivity contribution in [2.75, 3.05) is 19.0 Å². The summed E-state index contributed by atoms with van der Waals surface area (Å²) < 4.78 is 0. The van der Waals surface area contributed by atoms with Crippen molar-refractivity contribution in [3.63, 3.8) is 0 Å². The Balaban J connectivity index is 1.86. The number of anilines is 1. The van der Waals surface area contributed by atoms with Gasteiger partial charge in [-0.25, -0.2) is 0 Å². The molecular weight excluding hydrogens is 292 g/mol. The van der Waals surface area contributed by atoms with E-state index in [0.29, 0.717) is 0 Å². The minimum Gasteiger partial charge on any atom is -0.378 e. The molecule has 0 saturated carbocycles. The lowest BCUT2D eigenvalue weighted by Gasteiger charge is -2.12. The molecule has 0 amide bonds. The molecule has 118 valence electrons. The molecule has 4 rings (SSSR count). The van der Waals surface area contributed by atoms with Crippen molar-refractivity contribution in [2.24, 2.45) is 0 Å². The zero-order valence-electron chi connectivity index (χ0n) is 14.2. The average molecular weight is 312 g/mol. The third-order valence-electron chi connectivity index (χ3n) is 4.56. The fourth-order valence-electron chi connectivity index (χ4n) is 3.29. The van der Waals surface area contributed by atoms with Gasteiger partial charge < -0.3 is 4.90 Å². The summed E-state index contributed by atoms with van der Waals surface area (Å²) in [7, 11) is 4.12. The van der Waals surface area contributed by atoms with Crippen molar-refractivity contribution in [1.82, 2.24) is 4.98 Å². The van der Waals surface area contributed by atoms with Crippen LogP contribution >= 0.6 is 0 Å². The molecule has 1 aliphatic carbocycles. The molecular formula is C22H20N2. The smallest absolute Gasteiger partial charge is 0.0379 e. The Hall–Kier alpha value is -2.87. The fourth-order valence-corrected chi connectivity index (χ4v) is 3.29. The number of aromatic nitrogens is 1. The molecule has 0 fully saturated rings. The molecule has 24 heavy (non-hydrogen) atoms. The van der Waals surface area contributed by atoms with E-state index < -0.39 is 0 Å². The van der Waals surface area contributed by atoms with E-state index in [1.54, 1.807) is 0 Å². The first-order valence-corrected chi connectivity index (χ1v) is 8.19. The highest BCUT2D eigenvalue weighted by atomic mass is 15.1. The number of nitrogens with zero attached hydrogens (tertiary/aromatic N) is 2. The van der Waals surface area contributed by atoms with Crippen LogP contribution in [0, 0.1) is 6.92 Å². The Labute approximate surface area is 143 Å². The van der Waals surface area contributed by atoms with Gasteiger partial charge in [0.25, 0.3) is 0 Å². The molecule has 1 aromatic heterocycles. The van der Waals surface area contributed by atoms with Gasteiger partial charge in [-0.1, -0.05) is 36.4 Å². The topological polar surface area (TPSA) is 16.1 Å². The van der Waals surface area contributed by atoms with Gasteiger partial charge in [-0.15, -0.1) is 0 Å². The predicted molar refractivity (Wildman–Crippen MR) is 102 cm³/mol. The van der Waals surface area contributed by atoms with Gasteiger partial charge in [0.1, 0.15) is 0 Å². The third-order valence-corrected chi connectivity index (χ3v) is 4.56. The molecule has 2 aromatic carbocycles. The molecule has 0 radical (unpaired) electrons. The summed E-state index contributed by atoms with van der Waals surface area (Å²) in [5.74, 6) is 0. The number of rotatable bonds is 2. The summed E-state index contributed by atoms with van der Waals surface area (Å²) in [6, 6.07) is 19.4. The quantitative estimate of drug-likeness (QED) is 0.516. The van der Waals surface area contributed by atoms with E-state index in [1.807, 2.05) is 13.1 Å². The monoisotopic (exact) mass is 312 g/mol. The second-order valence-electron chi connectivity index (χ2n) is 6.46. The van der Waals surface area contributed by atoms with E-state index in [1.165, 1.54) is 39.1 Å². The maximum atomic E-state index is 4.52. The molecule has 1 heterocycles. The van der Waals surface area contributed by atoms with Crippen LogP contribution in [0.25, 0.3) is 22.8 Å². The maximum absolute atomic E-state index is 4.52. The predicted octanol–water partition coefficient (Wildman–Crippen LogP) is 5.03. The minimum atomic E-state index is 1.06. The van der Waals surface area contributed by atoms with Gasteiger partial charge in [-0.3, -0.25) is 4.98 Å². The third kappa shape index (κ3) is 2.41. The summed E-state index contributed by atoms with van der Waals surface area (Å²) in [4.78, 5) is 6.63. The van der Waals surface area contributed by atoms with E-state index in [4.69, 9.17) is 0 Å². The number of hydrogen-bond acceptors (Lipinski definition) is 2. The van der Waals surface area contributed by atoms with Gasteiger partial charge in [-0.05, 0) is 59.0 Å². The fraction of sp³-hybridized carbons (Fsp3) is 0.136. The van der Waals surface area contributed by atoms with Crippen LogP contribution in [-0.2, 0) is 0 Å². The van der Waals surface area contributed by atoms with E-state index >= 15 is 0 Å². The van der Waals surface area contributed by atoms with Crippen molar-refractivity contribution < 1.29 is 0 Å². The largest absolute Gasteiger partial charge is 0.378 e. The molecule has 1 aliphatic rings. The van der Waals surface area contributed by atoms with Crippen molar-refractivity contribution in [3.8, 4) is 11.1 Å². The maximum Gasteiger partial charge on any atom is 0.0379 e. The van der Waals surface area contributed by atoms with E-state index in [2.05, 4.69) is 84.7 Å². The van der Waals surface area contributed by atoms with Gasteiger partial charge in [-0.2, -0.15) is 0 Å². The van der Waals surface area contributed by atoms with Crippen molar-refractivity contribution in [2.45, 2.75) is 6.92 Å². The van der Waals surface area contributed by atoms with Crippen molar-refractivity contribution in [3.05, 3.63) is 83.2 Å². The Bertz CT molecular complexity index is 934. The van der Waals surface area contributed by atoms with E-state index in [9.17, 15) is 0 Å². The standard InChI is InChI=1S/C22H20N2/c1-15-12-20-18-6-4-5-7-19(18)21(22(20)14-23-15)13-16-8-10-17(11-9-16)24(2)3/h4-14H,1-3H3. The molecule has 0 unspecified atom stereocenters. The van der Waals surface area contributed by atoms with Crippen molar-refractivity contribution in [1.29, 1.82) is 0 Å². The lowest BCUT2D eigenvalue weighted by Crippen LogP contribution is -2.07. The van der Waals surface area contributed by atoms with Crippen LogP contribution < -0.4 is 4.90 Å². The number of aryl methyl sites for hydroxylation is 1. The van der Waals surface area contributed by atoms with Crippen LogP contribution in [0.4, 0.5) is 5.69 Å². The van der Waals surface area contributed by atoms with Crippen molar-refractivity contribution >= 4 is 17.3 Å². The van der Waals surface area contributed by atoms with E-state index in [0.717, 1.165) is 5.69 Å². The highest BCUT2D eigenvalue weighted by Gasteiger charge is 2.23. The van der Waals surface area contributed by atoms with Crippen LogP contribution in [0.3, 0.4) is 0 Å². The molecule has 0 bridgehead atoms. The van der Waals surface area contributed by atoms with E-state index in [-0.39, 0.29) is 0 Å². The molecule has 2 heteroatoms.